The van der Waals surface area contributed by atoms with Gasteiger partial charge in [0.05, 0.1) is 17.4 Å². The predicted octanol–water partition coefficient (Wildman–Crippen LogP) is 3.84. The van der Waals surface area contributed by atoms with Gasteiger partial charge in [0, 0.05) is 30.0 Å². The molecular weight excluding hydrogens is 374 g/mol. The normalized spacial score (nSPS) is 15.4. The van der Waals surface area contributed by atoms with Gasteiger partial charge in [-0.25, -0.2) is 0 Å². The molecule has 2 amide bonds. The Bertz CT molecular complexity index is 910. The van der Waals surface area contributed by atoms with Gasteiger partial charge >= 0.3 is 0 Å². The smallest absolute Gasteiger partial charge is 0.267 e. The maximum Gasteiger partial charge on any atom is 0.267 e. The summed E-state index contributed by atoms with van der Waals surface area (Å²) < 4.78 is 5.62. The molecule has 2 aromatic carbocycles. The average molecular weight is 395 g/mol. The highest BCUT2D eigenvalue weighted by Gasteiger charge is 2.31. The fraction of sp³-hybridized carbons (Fsp3) is 0.286. The number of benzene rings is 2. The second-order valence-electron chi connectivity index (χ2n) is 6.27. The van der Waals surface area contributed by atoms with Crippen LogP contribution in [0.15, 0.2) is 53.4 Å². The Labute approximate surface area is 168 Å². The number of para-hydroxylation sites is 3. The maximum atomic E-state index is 12.5. The van der Waals surface area contributed by atoms with Crippen LogP contribution in [0.3, 0.4) is 0 Å². The maximum absolute atomic E-state index is 12.5. The minimum Gasteiger partial charge on any atom is -0.479 e. The van der Waals surface area contributed by atoms with E-state index < -0.39 is 6.10 Å². The van der Waals surface area contributed by atoms with Crippen molar-refractivity contribution in [3.05, 3.63) is 48.5 Å². The van der Waals surface area contributed by atoms with Gasteiger partial charge in [-0.2, -0.15) is 5.26 Å². The van der Waals surface area contributed by atoms with Crippen LogP contribution in [0.1, 0.15) is 19.8 Å². The summed E-state index contributed by atoms with van der Waals surface area (Å²) >= 11 is 1.53. The molecule has 0 radical (unpaired) electrons. The SMILES string of the molecule is CC1Oc2ccccc2N(CCC(=O)Nc2ccccc2SCCC#N)C1=O. The zero-order valence-corrected chi connectivity index (χ0v) is 16.4. The van der Waals surface area contributed by atoms with E-state index in [2.05, 4.69) is 11.4 Å². The van der Waals surface area contributed by atoms with E-state index in [1.807, 2.05) is 48.5 Å². The number of carbonyl (C=O) groups is 2. The summed E-state index contributed by atoms with van der Waals surface area (Å²) in [5, 5.41) is 11.6. The van der Waals surface area contributed by atoms with Gasteiger partial charge in [0.15, 0.2) is 6.10 Å². The van der Waals surface area contributed by atoms with Crippen molar-refractivity contribution in [2.75, 3.05) is 22.5 Å². The third-order valence-electron chi connectivity index (χ3n) is 4.27. The molecule has 0 spiro atoms. The number of nitriles is 1. The zero-order valence-electron chi connectivity index (χ0n) is 15.6. The van der Waals surface area contributed by atoms with Crippen molar-refractivity contribution in [1.29, 1.82) is 5.26 Å². The first kappa shape index (κ1) is 19.8. The van der Waals surface area contributed by atoms with Crippen molar-refractivity contribution in [3.63, 3.8) is 0 Å². The Hall–Kier alpha value is -2.98. The second kappa shape index (κ2) is 9.29. The van der Waals surface area contributed by atoms with E-state index in [1.165, 1.54) is 11.8 Å². The molecule has 0 fully saturated rings. The lowest BCUT2D eigenvalue weighted by molar-refractivity contribution is -0.125. The summed E-state index contributed by atoms with van der Waals surface area (Å²) in [5.74, 6) is 0.992. The number of nitrogens with one attached hydrogen (secondary N) is 1. The van der Waals surface area contributed by atoms with E-state index in [4.69, 9.17) is 10.00 Å². The van der Waals surface area contributed by atoms with Crippen LogP contribution >= 0.6 is 11.8 Å². The number of anilines is 2. The van der Waals surface area contributed by atoms with E-state index in [0.717, 1.165) is 10.6 Å². The Balaban J connectivity index is 1.64. The molecule has 0 aliphatic carbocycles. The average Bonchev–Trinajstić information content (AvgIpc) is 2.70. The Morgan fingerprint density at radius 1 is 1.25 bits per heavy atom. The summed E-state index contributed by atoms with van der Waals surface area (Å²) in [6.45, 7) is 1.99. The lowest BCUT2D eigenvalue weighted by atomic mass is 10.1. The molecule has 2 aromatic rings. The third-order valence-corrected chi connectivity index (χ3v) is 5.34. The van der Waals surface area contributed by atoms with Crippen LogP contribution in [0, 0.1) is 11.3 Å². The molecule has 1 heterocycles. The van der Waals surface area contributed by atoms with E-state index >= 15 is 0 Å². The van der Waals surface area contributed by atoms with E-state index in [1.54, 1.807) is 11.8 Å². The van der Waals surface area contributed by atoms with Gasteiger partial charge in [-0.3, -0.25) is 9.59 Å². The Morgan fingerprint density at radius 3 is 2.82 bits per heavy atom. The lowest BCUT2D eigenvalue weighted by Crippen LogP contribution is -2.45. The van der Waals surface area contributed by atoms with Gasteiger partial charge in [-0.1, -0.05) is 24.3 Å². The monoisotopic (exact) mass is 395 g/mol. The highest BCUT2D eigenvalue weighted by atomic mass is 32.2. The van der Waals surface area contributed by atoms with Crippen LogP contribution in [0.4, 0.5) is 11.4 Å². The quantitative estimate of drug-likeness (QED) is 0.569. The molecule has 1 atom stereocenters. The van der Waals surface area contributed by atoms with Gasteiger partial charge in [0.25, 0.3) is 5.91 Å². The predicted molar refractivity (Wildman–Crippen MR) is 110 cm³/mol. The van der Waals surface area contributed by atoms with E-state index in [0.29, 0.717) is 23.6 Å². The molecule has 0 aromatic heterocycles. The lowest BCUT2D eigenvalue weighted by Gasteiger charge is -2.32. The minimum absolute atomic E-state index is 0.154. The molecule has 1 unspecified atom stereocenters. The van der Waals surface area contributed by atoms with Crippen LogP contribution in [0.2, 0.25) is 0 Å². The van der Waals surface area contributed by atoms with Gasteiger partial charge < -0.3 is 15.0 Å². The molecule has 3 rings (SSSR count). The highest BCUT2D eigenvalue weighted by molar-refractivity contribution is 7.99. The molecule has 144 valence electrons. The molecular formula is C21H21N3O3S. The fourth-order valence-electron chi connectivity index (χ4n) is 2.92. The van der Waals surface area contributed by atoms with Crippen molar-refractivity contribution in [2.45, 2.75) is 30.8 Å². The summed E-state index contributed by atoms with van der Waals surface area (Å²) in [7, 11) is 0. The van der Waals surface area contributed by atoms with Gasteiger partial charge in [-0.05, 0) is 31.2 Å². The summed E-state index contributed by atoms with van der Waals surface area (Å²) in [6.07, 6.45) is 0.0449. The fourth-order valence-corrected chi connectivity index (χ4v) is 3.78. The molecule has 1 N–H and O–H groups in total. The van der Waals surface area contributed by atoms with Gasteiger partial charge in [0.1, 0.15) is 5.75 Å². The van der Waals surface area contributed by atoms with Crippen LogP contribution < -0.4 is 15.0 Å². The standard InChI is InChI=1S/C21H21N3O3S/c1-15-21(26)24(17-8-3-4-9-18(17)27-15)13-11-20(25)23-16-7-2-5-10-19(16)28-14-6-12-22/h2-5,7-10,15H,6,11,13-14H2,1H3,(H,23,25). The first-order valence-corrected chi connectivity index (χ1v) is 10.0. The van der Waals surface area contributed by atoms with Crippen LogP contribution in [-0.4, -0.2) is 30.2 Å². The van der Waals surface area contributed by atoms with Gasteiger partial charge in [0.2, 0.25) is 5.91 Å². The summed E-state index contributed by atoms with van der Waals surface area (Å²) in [5.41, 5.74) is 1.41. The molecule has 1 aliphatic heterocycles. The number of thioether (sulfide) groups is 1. The zero-order chi connectivity index (χ0) is 19.9. The number of ether oxygens (including phenoxy) is 1. The molecule has 28 heavy (non-hydrogen) atoms. The second-order valence-corrected chi connectivity index (χ2v) is 7.41. The van der Waals surface area contributed by atoms with Crippen molar-refractivity contribution in [3.8, 4) is 11.8 Å². The Kier molecular flexibility index (Phi) is 6.56. The number of rotatable bonds is 7. The third kappa shape index (κ3) is 4.65. The topological polar surface area (TPSA) is 82.4 Å². The number of fused-ring (bicyclic) bond motifs is 1. The van der Waals surface area contributed by atoms with E-state index in [-0.39, 0.29) is 24.8 Å². The number of amides is 2. The highest BCUT2D eigenvalue weighted by Crippen LogP contribution is 2.33. The molecule has 0 saturated heterocycles. The molecule has 1 aliphatic rings. The minimum atomic E-state index is -0.574. The number of carbonyl (C=O) groups excluding carboxylic acids is 2. The first-order valence-electron chi connectivity index (χ1n) is 9.06. The molecule has 7 heteroatoms. The number of hydrogen-bond acceptors (Lipinski definition) is 5. The van der Waals surface area contributed by atoms with Crippen LogP contribution in [-0.2, 0) is 9.59 Å². The molecule has 6 nitrogen and oxygen atoms in total. The van der Waals surface area contributed by atoms with Crippen molar-refractivity contribution in [2.24, 2.45) is 0 Å². The number of hydrogen-bond donors (Lipinski definition) is 1. The largest absolute Gasteiger partial charge is 0.479 e. The van der Waals surface area contributed by atoms with Crippen molar-refractivity contribution < 1.29 is 14.3 Å². The molecule has 0 saturated carbocycles. The van der Waals surface area contributed by atoms with Gasteiger partial charge in [-0.15, -0.1) is 11.8 Å². The van der Waals surface area contributed by atoms with Crippen molar-refractivity contribution >= 4 is 35.0 Å². The molecule has 0 bridgehead atoms. The summed E-state index contributed by atoms with van der Waals surface area (Å²) in [6, 6.07) is 17.0. The van der Waals surface area contributed by atoms with Crippen molar-refractivity contribution in [1.82, 2.24) is 0 Å². The first-order chi connectivity index (χ1) is 13.6. The Morgan fingerprint density at radius 2 is 2.00 bits per heavy atom. The van der Waals surface area contributed by atoms with E-state index in [9.17, 15) is 9.59 Å². The van der Waals surface area contributed by atoms with Crippen LogP contribution in [0.25, 0.3) is 0 Å². The van der Waals surface area contributed by atoms with Crippen LogP contribution in [0.5, 0.6) is 5.75 Å². The number of nitrogens with zero attached hydrogens (tertiary/aromatic N) is 2. The summed E-state index contributed by atoms with van der Waals surface area (Å²) in [4.78, 5) is 27.5.